The third-order valence-corrected chi connectivity index (χ3v) is 8.87. The summed E-state index contributed by atoms with van der Waals surface area (Å²) in [6.45, 7) is 9.09. The number of nitrogens with zero attached hydrogens (tertiary/aromatic N) is 3. The molecule has 0 atom stereocenters. The summed E-state index contributed by atoms with van der Waals surface area (Å²) in [7, 11) is -3.49. The van der Waals surface area contributed by atoms with Gasteiger partial charge in [-0.3, -0.25) is 4.79 Å². The van der Waals surface area contributed by atoms with Gasteiger partial charge in [0, 0.05) is 37.9 Å². The van der Waals surface area contributed by atoms with Crippen LogP contribution in [0.2, 0.25) is 0 Å². The predicted molar refractivity (Wildman–Crippen MR) is 148 cm³/mol. The molecule has 3 rings (SSSR count). The van der Waals surface area contributed by atoms with E-state index in [2.05, 4.69) is 5.32 Å². The molecule has 0 bridgehead atoms. The summed E-state index contributed by atoms with van der Waals surface area (Å²) < 4.78 is 26.6. The van der Waals surface area contributed by atoms with Gasteiger partial charge in [0.15, 0.2) is 0 Å². The number of piperidine rings is 1. The molecule has 0 aliphatic carbocycles. The van der Waals surface area contributed by atoms with E-state index in [4.69, 9.17) is 0 Å². The van der Waals surface area contributed by atoms with Crippen LogP contribution in [0.1, 0.15) is 49.8 Å². The molecule has 37 heavy (non-hydrogen) atoms. The minimum Gasteiger partial charge on any atom is -0.334 e. The van der Waals surface area contributed by atoms with Crippen molar-refractivity contribution in [3.63, 3.8) is 0 Å². The number of para-hydroxylation sites is 1. The quantitative estimate of drug-likeness (QED) is 0.495. The highest BCUT2D eigenvalue weighted by Crippen LogP contribution is 2.23. The number of rotatable bonds is 10. The van der Waals surface area contributed by atoms with Crippen molar-refractivity contribution in [1.29, 1.82) is 0 Å². The van der Waals surface area contributed by atoms with Crippen molar-refractivity contribution < 1.29 is 18.0 Å². The number of benzene rings is 2. The zero-order valence-electron chi connectivity index (χ0n) is 22.4. The summed E-state index contributed by atoms with van der Waals surface area (Å²) >= 11 is 0. The number of carbonyl (C=O) groups excluding carboxylic acids is 2. The number of nitrogens with one attached hydrogen (secondary N) is 1. The molecule has 0 radical (unpaired) electrons. The van der Waals surface area contributed by atoms with Gasteiger partial charge in [-0.25, -0.2) is 13.2 Å². The average Bonchev–Trinajstić information content (AvgIpc) is 2.89. The van der Waals surface area contributed by atoms with Crippen LogP contribution in [0.3, 0.4) is 0 Å². The molecule has 1 fully saturated rings. The molecule has 0 saturated carbocycles. The Labute approximate surface area is 221 Å². The minimum atomic E-state index is -3.49. The Morgan fingerprint density at radius 2 is 1.59 bits per heavy atom. The summed E-state index contributed by atoms with van der Waals surface area (Å²) in [5.74, 6) is -0.233. The smallest absolute Gasteiger partial charge is 0.321 e. The first kappa shape index (κ1) is 28.7. The van der Waals surface area contributed by atoms with Crippen molar-refractivity contribution in [3.8, 4) is 0 Å². The number of likely N-dealkylation sites (tertiary alicyclic amines) is 1. The first-order valence-corrected chi connectivity index (χ1v) is 14.7. The van der Waals surface area contributed by atoms with Gasteiger partial charge in [-0.15, -0.1) is 0 Å². The van der Waals surface area contributed by atoms with Crippen molar-refractivity contribution in [2.24, 2.45) is 0 Å². The monoisotopic (exact) mass is 528 g/mol. The lowest BCUT2D eigenvalue weighted by molar-refractivity contribution is -0.135. The molecule has 2 aromatic rings. The zero-order valence-corrected chi connectivity index (χ0v) is 23.3. The van der Waals surface area contributed by atoms with Gasteiger partial charge in [0.1, 0.15) is 0 Å². The highest BCUT2D eigenvalue weighted by molar-refractivity contribution is 7.89. The number of aryl methyl sites for hydroxylation is 2. The molecule has 0 aromatic heterocycles. The Balaban J connectivity index is 1.74. The van der Waals surface area contributed by atoms with Gasteiger partial charge in [-0.2, -0.15) is 4.31 Å². The lowest BCUT2D eigenvalue weighted by atomic mass is 10.0. The number of anilines is 1. The highest BCUT2D eigenvalue weighted by Gasteiger charge is 2.32. The molecule has 0 unspecified atom stereocenters. The standard InChI is InChI=1S/C28H40N4O4S/c1-5-17-31(37(35,36)6-2)21-27(33)32(20-24-13-9-7-11-22(24)3)25-15-18-30(19-16-25)28(34)29-26-14-10-8-12-23(26)4/h7-14,25H,5-6,15-21H2,1-4H3,(H,29,34). The molecule has 2 aromatic carbocycles. The van der Waals surface area contributed by atoms with E-state index in [-0.39, 0.29) is 30.3 Å². The van der Waals surface area contributed by atoms with Crippen LogP contribution < -0.4 is 5.32 Å². The lowest BCUT2D eigenvalue weighted by Crippen LogP contribution is -2.52. The van der Waals surface area contributed by atoms with Gasteiger partial charge in [-0.05, 0) is 62.8 Å². The fourth-order valence-corrected chi connectivity index (χ4v) is 5.80. The fraction of sp³-hybridized carbons (Fsp3) is 0.500. The molecule has 1 aliphatic heterocycles. The first-order valence-electron chi connectivity index (χ1n) is 13.1. The molecule has 8 nitrogen and oxygen atoms in total. The van der Waals surface area contributed by atoms with Crippen LogP contribution >= 0.6 is 0 Å². The third-order valence-electron chi connectivity index (χ3n) is 7.04. The number of amides is 3. The number of urea groups is 1. The largest absolute Gasteiger partial charge is 0.334 e. The second-order valence-corrected chi connectivity index (χ2v) is 11.9. The van der Waals surface area contributed by atoms with Gasteiger partial charge in [0.05, 0.1) is 12.3 Å². The molecule has 0 spiro atoms. The fourth-order valence-electron chi connectivity index (χ4n) is 4.67. The van der Waals surface area contributed by atoms with Gasteiger partial charge in [0.25, 0.3) is 0 Å². The molecule has 1 heterocycles. The Hall–Kier alpha value is -2.91. The van der Waals surface area contributed by atoms with E-state index >= 15 is 0 Å². The topological polar surface area (TPSA) is 90.0 Å². The van der Waals surface area contributed by atoms with Crippen LogP contribution in [-0.2, 0) is 21.4 Å². The number of hydrogen-bond donors (Lipinski definition) is 1. The Morgan fingerprint density at radius 1 is 0.973 bits per heavy atom. The molecule has 9 heteroatoms. The second kappa shape index (κ2) is 13.1. The van der Waals surface area contributed by atoms with E-state index in [0.717, 1.165) is 22.4 Å². The van der Waals surface area contributed by atoms with E-state index in [1.165, 1.54) is 4.31 Å². The molecule has 1 aliphatic rings. The van der Waals surface area contributed by atoms with Crippen molar-refractivity contribution in [3.05, 3.63) is 65.2 Å². The summed E-state index contributed by atoms with van der Waals surface area (Å²) in [5.41, 5.74) is 3.91. The zero-order chi connectivity index (χ0) is 27.0. The van der Waals surface area contributed by atoms with Gasteiger partial charge in [-0.1, -0.05) is 49.4 Å². The van der Waals surface area contributed by atoms with Crippen LogP contribution in [0.4, 0.5) is 10.5 Å². The van der Waals surface area contributed by atoms with Crippen molar-refractivity contribution in [2.75, 3.05) is 37.2 Å². The van der Waals surface area contributed by atoms with Crippen molar-refractivity contribution in [1.82, 2.24) is 14.1 Å². The van der Waals surface area contributed by atoms with Crippen LogP contribution in [0.5, 0.6) is 0 Å². The van der Waals surface area contributed by atoms with E-state index in [1.54, 1.807) is 11.8 Å². The average molecular weight is 529 g/mol. The van der Waals surface area contributed by atoms with Gasteiger partial charge < -0.3 is 15.1 Å². The number of carbonyl (C=O) groups is 2. The van der Waals surface area contributed by atoms with E-state index < -0.39 is 10.0 Å². The Morgan fingerprint density at radius 3 is 2.19 bits per heavy atom. The van der Waals surface area contributed by atoms with Crippen LogP contribution in [0.25, 0.3) is 0 Å². The Kier molecular flexibility index (Phi) is 10.1. The molecular formula is C28H40N4O4S. The van der Waals surface area contributed by atoms with Crippen LogP contribution in [0, 0.1) is 13.8 Å². The normalized spacial score (nSPS) is 14.6. The lowest BCUT2D eigenvalue weighted by Gasteiger charge is -2.39. The summed E-state index contributed by atoms with van der Waals surface area (Å²) in [6.07, 6.45) is 1.90. The van der Waals surface area contributed by atoms with Gasteiger partial charge >= 0.3 is 6.03 Å². The van der Waals surface area contributed by atoms with Crippen molar-refractivity contribution in [2.45, 2.75) is 59.5 Å². The summed E-state index contributed by atoms with van der Waals surface area (Å²) in [4.78, 5) is 30.1. The highest BCUT2D eigenvalue weighted by atomic mass is 32.2. The van der Waals surface area contributed by atoms with Crippen LogP contribution in [0.15, 0.2) is 48.5 Å². The van der Waals surface area contributed by atoms with E-state index in [9.17, 15) is 18.0 Å². The molecular weight excluding hydrogens is 488 g/mol. The SMILES string of the molecule is CCCN(CC(=O)N(Cc1ccccc1C)C1CCN(C(=O)Nc2ccccc2C)CC1)S(=O)(=O)CC. The van der Waals surface area contributed by atoms with Gasteiger partial charge in [0.2, 0.25) is 15.9 Å². The molecule has 1 saturated heterocycles. The maximum atomic E-state index is 13.6. The first-order chi connectivity index (χ1) is 17.7. The minimum absolute atomic E-state index is 0.0353. The summed E-state index contributed by atoms with van der Waals surface area (Å²) in [5, 5.41) is 2.99. The molecule has 1 N–H and O–H groups in total. The number of hydrogen-bond acceptors (Lipinski definition) is 4. The maximum absolute atomic E-state index is 13.6. The molecule has 202 valence electrons. The summed E-state index contributed by atoms with van der Waals surface area (Å²) in [6, 6.07) is 15.4. The second-order valence-electron chi connectivity index (χ2n) is 9.65. The third kappa shape index (κ3) is 7.55. The molecule has 3 amide bonds. The van der Waals surface area contributed by atoms with Crippen LogP contribution in [-0.4, -0.2) is 72.4 Å². The van der Waals surface area contributed by atoms with E-state index in [0.29, 0.717) is 45.4 Å². The Bertz CT molecular complexity index is 1180. The predicted octanol–water partition coefficient (Wildman–Crippen LogP) is 4.39. The maximum Gasteiger partial charge on any atom is 0.321 e. The van der Waals surface area contributed by atoms with Crippen molar-refractivity contribution >= 4 is 27.6 Å². The number of sulfonamides is 1. The van der Waals surface area contributed by atoms with E-state index in [1.807, 2.05) is 74.2 Å².